The van der Waals surface area contributed by atoms with Crippen molar-refractivity contribution in [3.8, 4) is 5.75 Å². The van der Waals surface area contributed by atoms with Crippen LogP contribution >= 0.6 is 0 Å². The summed E-state index contributed by atoms with van der Waals surface area (Å²) in [7, 11) is 0. The lowest BCUT2D eigenvalue weighted by Gasteiger charge is -2.20. The van der Waals surface area contributed by atoms with Crippen LogP contribution in [-0.4, -0.2) is 35.2 Å². The predicted molar refractivity (Wildman–Crippen MR) is 99.2 cm³/mol. The van der Waals surface area contributed by atoms with E-state index < -0.39 is 12.0 Å². The van der Waals surface area contributed by atoms with E-state index in [0.29, 0.717) is 5.69 Å². The van der Waals surface area contributed by atoms with Crippen LogP contribution in [0.1, 0.15) is 48.0 Å². The molecule has 1 aromatic heterocycles. The zero-order chi connectivity index (χ0) is 19.8. The molecule has 0 aliphatic carbocycles. The summed E-state index contributed by atoms with van der Waals surface area (Å²) < 4.78 is 11.1. The van der Waals surface area contributed by atoms with Crippen molar-refractivity contribution in [1.29, 1.82) is 0 Å². The first-order valence-corrected chi connectivity index (χ1v) is 8.70. The van der Waals surface area contributed by atoms with Crippen LogP contribution < -0.4 is 10.5 Å². The third kappa shape index (κ3) is 5.79. The van der Waals surface area contributed by atoms with Gasteiger partial charge in [-0.1, -0.05) is 44.2 Å². The molecule has 2 aromatic rings. The smallest absolute Gasteiger partial charge is 0.307 e. The van der Waals surface area contributed by atoms with Gasteiger partial charge in [0.1, 0.15) is 12.4 Å². The Morgan fingerprint density at radius 3 is 2.52 bits per heavy atom. The average molecular weight is 372 g/mol. The predicted octanol–water partition coefficient (Wildman–Crippen LogP) is 2.23. The van der Waals surface area contributed by atoms with Crippen LogP contribution in [0, 0.1) is 5.92 Å². The number of carbonyl (C=O) groups excluding carboxylic acids is 2. The molecule has 0 fully saturated rings. The molecule has 1 aromatic carbocycles. The lowest BCUT2D eigenvalue weighted by atomic mass is 10.0. The second-order valence-electron chi connectivity index (χ2n) is 6.42. The molecule has 27 heavy (non-hydrogen) atoms. The van der Waals surface area contributed by atoms with Crippen LogP contribution in [-0.2, 0) is 9.53 Å². The highest BCUT2D eigenvalue weighted by Gasteiger charge is 2.23. The van der Waals surface area contributed by atoms with Crippen molar-refractivity contribution in [2.45, 2.75) is 26.4 Å². The van der Waals surface area contributed by atoms with E-state index >= 15 is 0 Å². The summed E-state index contributed by atoms with van der Waals surface area (Å²) in [5.74, 6) is -0.711. The van der Waals surface area contributed by atoms with Gasteiger partial charge in [0.15, 0.2) is 6.10 Å². The number of nitrogens with two attached hydrogens (primary N) is 1. The Bertz CT molecular complexity index is 777. The Kier molecular flexibility index (Phi) is 7.31. The standard InChI is InChI=1S/C20H24N2O5/c1-13(2)10-18(24)27-19(14-6-4-3-5-7-14)16-11-17(26-9-8-23)15(12-22-16)20(21)25/h3-7,11-13,19,23H,8-10H2,1-2H3,(H2,21,25)/t19-/m0/s1. The highest BCUT2D eigenvalue weighted by Crippen LogP contribution is 2.29. The maximum atomic E-state index is 12.3. The van der Waals surface area contributed by atoms with Crippen LogP contribution in [0.15, 0.2) is 42.6 Å². The number of carbonyl (C=O) groups is 2. The highest BCUT2D eigenvalue weighted by molar-refractivity contribution is 5.95. The number of pyridine rings is 1. The second-order valence-corrected chi connectivity index (χ2v) is 6.42. The van der Waals surface area contributed by atoms with Crippen molar-refractivity contribution < 1.29 is 24.2 Å². The van der Waals surface area contributed by atoms with Crippen molar-refractivity contribution in [2.24, 2.45) is 11.7 Å². The van der Waals surface area contributed by atoms with Gasteiger partial charge in [-0.2, -0.15) is 0 Å². The van der Waals surface area contributed by atoms with E-state index in [1.165, 1.54) is 12.3 Å². The van der Waals surface area contributed by atoms with Crippen LogP contribution in [0.2, 0.25) is 0 Å². The quantitative estimate of drug-likeness (QED) is 0.653. The van der Waals surface area contributed by atoms with Crippen molar-refractivity contribution in [3.63, 3.8) is 0 Å². The Labute approximate surface area is 158 Å². The number of rotatable bonds is 9. The zero-order valence-corrected chi connectivity index (χ0v) is 15.4. The Hall–Kier alpha value is -2.93. The molecule has 7 heteroatoms. The summed E-state index contributed by atoms with van der Waals surface area (Å²) in [4.78, 5) is 28.1. The number of hydrogen-bond donors (Lipinski definition) is 2. The normalized spacial score (nSPS) is 11.9. The number of aliphatic hydroxyl groups is 1. The number of aliphatic hydroxyl groups excluding tert-OH is 1. The van der Waals surface area contributed by atoms with Gasteiger partial charge in [-0.05, 0) is 11.5 Å². The fourth-order valence-corrected chi connectivity index (χ4v) is 2.50. The summed E-state index contributed by atoms with van der Waals surface area (Å²) >= 11 is 0. The third-order valence-electron chi connectivity index (χ3n) is 3.70. The lowest BCUT2D eigenvalue weighted by Crippen LogP contribution is -2.18. The van der Waals surface area contributed by atoms with Crippen LogP contribution in [0.25, 0.3) is 0 Å². The molecule has 0 saturated heterocycles. The molecule has 144 valence electrons. The number of nitrogens with zero attached hydrogens (tertiary/aromatic N) is 1. The van der Waals surface area contributed by atoms with Gasteiger partial charge in [-0.25, -0.2) is 0 Å². The average Bonchev–Trinajstić information content (AvgIpc) is 2.64. The monoisotopic (exact) mass is 372 g/mol. The molecule has 7 nitrogen and oxygen atoms in total. The van der Waals surface area contributed by atoms with E-state index in [4.69, 9.17) is 20.3 Å². The molecule has 0 saturated carbocycles. The molecule has 3 N–H and O–H groups in total. The molecule has 0 radical (unpaired) electrons. The molecule has 0 bridgehead atoms. The van der Waals surface area contributed by atoms with E-state index in [1.807, 2.05) is 44.2 Å². The number of hydrogen-bond acceptors (Lipinski definition) is 6. The number of esters is 1. The van der Waals surface area contributed by atoms with Crippen molar-refractivity contribution >= 4 is 11.9 Å². The molecule has 0 aliphatic heterocycles. The minimum atomic E-state index is -0.754. The Balaban J connectivity index is 2.42. The van der Waals surface area contributed by atoms with E-state index in [-0.39, 0.29) is 42.8 Å². The minimum absolute atomic E-state index is 0.00707. The van der Waals surface area contributed by atoms with Crippen LogP contribution in [0.4, 0.5) is 0 Å². The van der Waals surface area contributed by atoms with Gasteiger partial charge in [-0.15, -0.1) is 0 Å². The van der Waals surface area contributed by atoms with Crippen LogP contribution in [0.3, 0.4) is 0 Å². The van der Waals surface area contributed by atoms with E-state index in [1.54, 1.807) is 0 Å². The van der Waals surface area contributed by atoms with E-state index in [2.05, 4.69) is 4.98 Å². The maximum Gasteiger partial charge on any atom is 0.307 e. The largest absolute Gasteiger partial charge is 0.490 e. The summed E-state index contributed by atoms with van der Waals surface area (Å²) in [6.45, 7) is 3.63. The molecular weight excluding hydrogens is 348 g/mol. The Morgan fingerprint density at radius 2 is 1.93 bits per heavy atom. The number of amides is 1. The molecule has 1 amide bonds. The fourth-order valence-electron chi connectivity index (χ4n) is 2.50. The van der Waals surface area contributed by atoms with Gasteiger partial charge in [0, 0.05) is 18.7 Å². The molecule has 1 heterocycles. The van der Waals surface area contributed by atoms with Gasteiger partial charge in [-0.3, -0.25) is 14.6 Å². The van der Waals surface area contributed by atoms with Gasteiger partial charge < -0.3 is 20.3 Å². The summed E-state index contributed by atoms with van der Waals surface area (Å²) in [6, 6.07) is 10.7. The number of aromatic nitrogens is 1. The van der Waals surface area contributed by atoms with Crippen molar-refractivity contribution in [1.82, 2.24) is 4.98 Å². The second kappa shape index (κ2) is 9.68. The van der Waals surface area contributed by atoms with Gasteiger partial charge in [0.25, 0.3) is 5.91 Å². The summed E-state index contributed by atoms with van der Waals surface area (Å²) in [6.07, 6.45) is 0.809. The minimum Gasteiger partial charge on any atom is -0.490 e. The summed E-state index contributed by atoms with van der Waals surface area (Å²) in [5.41, 5.74) is 6.58. The number of benzene rings is 1. The van der Waals surface area contributed by atoms with Gasteiger partial charge >= 0.3 is 5.97 Å². The lowest BCUT2D eigenvalue weighted by molar-refractivity contribution is -0.148. The first kappa shape index (κ1) is 20.4. The third-order valence-corrected chi connectivity index (χ3v) is 3.70. The number of ether oxygens (including phenoxy) is 2. The zero-order valence-electron chi connectivity index (χ0n) is 15.4. The van der Waals surface area contributed by atoms with Crippen LogP contribution in [0.5, 0.6) is 5.75 Å². The summed E-state index contributed by atoms with van der Waals surface area (Å²) in [5, 5.41) is 8.99. The number of primary amides is 1. The molecule has 2 rings (SSSR count). The SMILES string of the molecule is CC(C)CC(=O)O[C@@H](c1ccccc1)c1cc(OCCO)c(C(N)=O)cn1. The highest BCUT2D eigenvalue weighted by atomic mass is 16.5. The topological polar surface area (TPSA) is 112 Å². The maximum absolute atomic E-state index is 12.3. The molecule has 0 spiro atoms. The first-order chi connectivity index (χ1) is 12.9. The molecule has 1 atom stereocenters. The first-order valence-electron chi connectivity index (χ1n) is 8.70. The van der Waals surface area contributed by atoms with Crippen molar-refractivity contribution in [3.05, 3.63) is 59.4 Å². The Morgan fingerprint density at radius 1 is 1.22 bits per heavy atom. The molecule has 0 aliphatic rings. The van der Waals surface area contributed by atoms with E-state index in [9.17, 15) is 9.59 Å². The van der Waals surface area contributed by atoms with Gasteiger partial charge in [0.2, 0.25) is 0 Å². The molecule has 0 unspecified atom stereocenters. The van der Waals surface area contributed by atoms with E-state index in [0.717, 1.165) is 5.56 Å². The van der Waals surface area contributed by atoms with Gasteiger partial charge in [0.05, 0.1) is 17.9 Å². The fraction of sp³-hybridized carbons (Fsp3) is 0.350. The van der Waals surface area contributed by atoms with Crippen molar-refractivity contribution in [2.75, 3.05) is 13.2 Å². The molecular formula is C20H24N2O5.